The first-order chi connectivity index (χ1) is 13.6. The van der Waals surface area contributed by atoms with Crippen LogP contribution in [0.3, 0.4) is 0 Å². The molecule has 0 fully saturated rings. The zero-order chi connectivity index (χ0) is 21.7. The van der Waals surface area contributed by atoms with Crippen LogP contribution in [0.5, 0.6) is 5.75 Å². The van der Waals surface area contributed by atoms with Gasteiger partial charge in [-0.2, -0.15) is 0 Å². The standard InChI is InChI=1S/C17H18N2O2.2C2H6.2HI.V/c1-3-19-12-8-5-7-11(17(18)20)15(12)16-13(19)9-6-10-14(16)21-4-2;2*1-2;;;/h5-10H,3-4H2,1-2H3,(H2,18,20);2*1-2H3;2*1H;/q;;;;;+2/p-2. The van der Waals surface area contributed by atoms with Gasteiger partial charge in [0.25, 0.3) is 0 Å². The van der Waals surface area contributed by atoms with Crippen LogP contribution in [0.15, 0.2) is 36.4 Å². The molecule has 0 radical (unpaired) electrons. The van der Waals surface area contributed by atoms with Crippen LogP contribution in [0.2, 0.25) is 0 Å². The molecule has 4 nitrogen and oxygen atoms in total. The van der Waals surface area contributed by atoms with E-state index in [-0.39, 0.29) is 0 Å². The van der Waals surface area contributed by atoms with E-state index >= 15 is 0 Å². The van der Waals surface area contributed by atoms with E-state index in [1.165, 1.54) is 0 Å². The second-order valence-corrected chi connectivity index (χ2v) is 16.7. The van der Waals surface area contributed by atoms with Crippen LogP contribution < -0.4 is 10.5 Å². The van der Waals surface area contributed by atoms with Crippen LogP contribution in [0.1, 0.15) is 51.9 Å². The van der Waals surface area contributed by atoms with Crippen molar-refractivity contribution in [2.45, 2.75) is 48.1 Å². The number of carbonyl (C=O) groups excluding carboxylic acids is 1. The summed E-state index contributed by atoms with van der Waals surface area (Å²) in [7, 11) is 0.628. The first-order valence-corrected chi connectivity index (χ1v) is 18.5. The van der Waals surface area contributed by atoms with Gasteiger partial charge in [-0.1, -0.05) is 39.8 Å². The van der Waals surface area contributed by atoms with Gasteiger partial charge in [-0.15, -0.1) is 0 Å². The fraction of sp³-hybridized carbons (Fsp3) is 0.381. The summed E-state index contributed by atoms with van der Waals surface area (Å²) >= 11 is 4.74. The van der Waals surface area contributed by atoms with Gasteiger partial charge in [0.1, 0.15) is 5.75 Å². The molecule has 28 heavy (non-hydrogen) atoms. The van der Waals surface area contributed by atoms with E-state index in [0.717, 1.165) is 34.1 Å². The first-order valence-electron chi connectivity index (χ1n) is 9.49. The molecule has 0 bridgehead atoms. The van der Waals surface area contributed by atoms with Crippen molar-refractivity contribution in [2.75, 3.05) is 6.61 Å². The molecule has 0 aliphatic rings. The molecular weight excluding hydrogens is 617 g/mol. The van der Waals surface area contributed by atoms with Gasteiger partial charge in [-0.25, -0.2) is 0 Å². The van der Waals surface area contributed by atoms with Crippen molar-refractivity contribution in [1.29, 1.82) is 0 Å². The van der Waals surface area contributed by atoms with Gasteiger partial charge in [-0.05, 0) is 38.1 Å². The van der Waals surface area contributed by atoms with Crippen molar-refractivity contribution in [1.82, 2.24) is 4.57 Å². The molecule has 3 aromatic rings. The Bertz CT molecular complexity index is 866. The summed E-state index contributed by atoms with van der Waals surface area (Å²) in [6.07, 6.45) is 0. The Balaban J connectivity index is 0.000000930. The number of nitrogens with two attached hydrogens (primary N) is 1. The van der Waals surface area contributed by atoms with Crippen molar-refractivity contribution in [3.63, 3.8) is 0 Å². The molecule has 0 spiro atoms. The summed E-state index contributed by atoms with van der Waals surface area (Å²) in [6, 6.07) is 11.6. The predicted octanol–water partition coefficient (Wildman–Crippen LogP) is 7.13. The van der Waals surface area contributed by atoms with E-state index in [1.54, 1.807) is 6.07 Å². The van der Waals surface area contributed by atoms with E-state index in [2.05, 4.69) is 51.4 Å². The zero-order valence-electron chi connectivity index (χ0n) is 17.4. The minimum atomic E-state index is -0.415. The Morgan fingerprint density at radius 1 is 1.00 bits per heavy atom. The second-order valence-electron chi connectivity index (χ2n) is 4.96. The summed E-state index contributed by atoms with van der Waals surface area (Å²) in [5, 5.41) is 1.84. The van der Waals surface area contributed by atoms with E-state index in [1.807, 2.05) is 65.0 Å². The van der Waals surface area contributed by atoms with E-state index in [0.29, 0.717) is 21.6 Å². The van der Waals surface area contributed by atoms with Gasteiger partial charge in [-0.3, -0.25) is 4.79 Å². The van der Waals surface area contributed by atoms with Crippen LogP contribution in [0.25, 0.3) is 21.8 Å². The van der Waals surface area contributed by atoms with Crippen molar-refractivity contribution in [3.05, 3.63) is 42.0 Å². The van der Waals surface area contributed by atoms with Gasteiger partial charge in [0.15, 0.2) is 0 Å². The van der Waals surface area contributed by atoms with Crippen LogP contribution in [-0.4, -0.2) is 17.1 Å². The monoisotopic (exact) mass is 647 g/mol. The Kier molecular flexibility index (Phi) is 15.2. The molecule has 0 aliphatic carbocycles. The van der Waals surface area contributed by atoms with Crippen molar-refractivity contribution in [3.8, 4) is 5.75 Å². The van der Waals surface area contributed by atoms with Crippen molar-refractivity contribution < 1.29 is 19.0 Å². The number of halogens is 2. The Morgan fingerprint density at radius 2 is 1.50 bits per heavy atom. The normalized spacial score (nSPS) is 9.29. The molecule has 155 valence electrons. The van der Waals surface area contributed by atoms with Gasteiger partial charge in [0.05, 0.1) is 23.0 Å². The van der Waals surface area contributed by atoms with E-state index in [9.17, 15) is 4.79 Å². The minimum absolute atomic E-state index is 0.415. The summed E-state index contributed by atoms with van der Waals surface area (Å²) in [6.45, 7) is 13.4. The number of nitrogens with zero attached hydrogens (tertiary/aromatic N) is 1. The fourth-order valence-electron chi connectivity index (χ4n) is 2.98. The molecular formula is C21H30I2N2O2V. The quantitative estimate of drug-likeness (QED) is 0.307. The number of primary amides is 1. The van der Waals surface area contributed by atoms with Crippen LogP contribution in [-0.2, 0) is 16.0 Å². The summed E-state index contributed by atoms with van der Waals surface area (Å²) in [5.41, 5.74) is 8.17. The molecule has 1 amide bonds. The average Bonchev–Trinajstić information content (AvgIpc) is 3.06. The first kappa shape index (κ1) is 27.6. The Hall–Kier alpha value is -0.446. The predicted molar refractivity (Wildman–Crippen MR) is 136 cm³/mol. The molecule has 1 aromatic heterocycles. The number of aromatic nitrogens is 1. The molecule has 2 N–H and O–H groups in total. The third-order valence-electron chi connectivity index (χ3n) is 3.76. The number of fused-ring (bicyclic) bond motifs is 3. The number of aryl methyl sites for hydroxylation is 1. The van der Waals surface area contributed by atoms with Gasteiger partial charge < -0.3 is 15.0 Å². The molecule has 2 aromatic carbocycles. The van der Waals surface area contributed by atoms with E-state index < -0.39 is 5.91 Å². The maximum absolute atomic E-state index is 11.8. The SMILES string of the molecule is CC.CC.CCOc1cccc2c1c1c(C(N)=O)cccc1n2CC.[I][V][I]. The summed E-state index contributed by atoms with van der Waals surface area (Å²) in [5.74, 6) is 0.378. The Morgan fingerprint density at radius 3 is 1.96 bits per heavy atom. The molecule has 0 saturated carbocycles. The molecule has 7 heteroatoms. The van der Waals surface area contributed by atoms with Gasteiger partial charge in [0, 0.05) is 17.5 Å². The molecule has 0 atom stereocenters. The molecule has 0 unspecified atom stereocenters. The number of ether oxygens (including phenoxy) is 1. The number of benzene rings is 2. The topological polar surface area (TPSA) is 57.2 Å². The van der Waals surface area contributed by atoms with Crippen LogP contribution >= 0.6 is 40.0 Å². The maximum atomic E-state index is 11.8. The molecule has 0 saturated heterocycles. The third kappa shape index (κ3) is 6.54. The summed E-state index contributed by atoms with van der Waals surface area (Å²) < 4.78 is 7.93. The number of hydrogen-bond acceptors (Lipinski definition) is 2. The molecule has 1 heterocycles. The number of carbonyl (C=O) groups is 1. The van der Waals surface area contributed by atoms with Gasteiger partial charge >= 0.3 is 49.4 Å². The van der Waals surface area contributed by atoms with Gasteiger partial charge in [0.2, 0.25) is 5.91 Å². The number of amides is 1. The fourth-order valence-corrected chi connectivity index (χ4v) is 2.98. The van der Waals surface area contributed by atoms with E-state index in [4.69, 9.17) is 10.5 Å². The average molecular weight is 647 g/mol. The number of hydrogen-bond donors (Lipinski definition) is 1. The molecule has 3 rings (SSSR count). The Labute approximate surface area is 197 Å². The van der Waals surface area contributed by atoms with Crippen LogP contribution in [0, 0.1) is 0 Å². The number of rotatable bonds is 4. The zero-order valence-corrected chi connectivity index (χ0v) is 23.1. The van der Waals surface area contributed by atoms with Crippen molar-refractivity contribution >= 4 is 67.7 Å². The molecule has 0 aliphatic heterocycles. The van der Waals surface area contributed by atoms with Crippen molar-refractivity contribution in [2.24, 2.45) is 5.73 Å². The second kappa shape index (κ2) is 15.4. The summed E-state index contributed by atoms with van der Waals surface area (Å²) in [4.78, 5) is 11.8. The van der Waals surface area contributed by atoms with Crippen LogP contribution in [0.4, 0.5) is 0 Å². The third-order valence-corrected chi connectivity index (χ3v) is 3.76.